The molecule has 0 atom stereocenters. The van der Waals surface area contributed by atoms with Crippen LogP contribution in [0.1, 0.15) is 51.0 Å². The van der Waals surface area contributed by atoms with Crippen LogP contribution < -0.4 is 4.74 Å². The van der Waals surface area contributed by atoms with E-state index < -0.39 is 0 Å². The van der Waals surface area contributed by atoms with Crippen molar-refractivity contribution in [2.45, 2.75) is 51.5 Å². The maximum atomic E-state index is 13.5. The highest BCUT2D eigenvalue weighted by atomic mass is 16.5. The number of unbranched alkanes of at least 4 members (excludes halogenated alkanes) is 3. The number of rotatable bonds is 9. The number of imide groups is 1. The van der Waals surface area contributed by atoms with Gasteiger partial charge in [0.1, 0.15) is 11.4 Å². The molecule has 0 N–H and O–H groups in total. The van der Waals surface area contributed by atoms with Crippen molar-refractivity contribution in [3.8, 4) is 5.75 Å². The summed E-state index contributed by atoms with van der Waals surface area (Å²) in [4.78, 5) is 32.7. The number of hydrogen-bond donors (Lipinski definition) is 0. The quantitative estimate of drug-likeness (QED) is 0.459. The average molecular weight is 414 g/mol. The number of benzene rings is 1. The number of ether oxygens (including phenoxy) is 1. The molecule has 0 aliphatic carbocycles. The van der Waals surface area contributed by atoms with E-state index in [1.54, 1.807) is 7.11 Å². The van der Waals surface area contributed by atoms with Gasteiger partial charge in [-0.05, 0) is 45.5 Å². The van der Waals surface area contributed by atoms with E-state index in [0.29, 0.717) is 29.1 Å². The Bertz CT molecular complexity index is 797. The van der Waals surface area contributed by atoms with Crippen LogP contribution in [0.2, 0.25) is 0 Å². The van der Waals surface area contributed by atoms with Crippen LogP contribution in [0.25, 0.3) is 5.57 Å². The van der Waals surface area contributed by atoms with Gasteiger partial charge in [0.05, 0.1) is 12.7 Å². The summed E-state index contributed by atoms with van der Waals surface area (Å²) < 4.78 is 5.54. The van der Waals surface area contributed by atoms with Crippen LogP contribution in [-0.4, -0.2) is 73.4 Å². The molecule has 2 amide bonds. The molecule has 1 aromatic carbocycles. The molecule has 2 aliphatic rings. The predicted molar refractivity (Wildman–Crippen MR) is 119 cm³/mol. The summed E-state index contributed by atoms with van der Waals surface area (Å²) in [6, 6.07) is 7.74. The molecule has 2 heterocycles. The lowest BCUT2D eigenvalue weighted by Gasteiger charge is -2.36. The van der Waals surface area contributed by atoms with Crippen molar-refractivity contribution in [3.63, 3.8) is 0 Å². The second-order valence-electron chi connectivity index (χ2n) is 8.39. The molecule has 0 spiro atoms. The van der Waals surface area contributed by atoms with Crippen molar-refractivity contribution < 1.29 is 14.3 Å². The van der Waals surface area contributed by atoms with Crippen LogP contribution in [0.3, 0.4) is 0 Å². The van der Waals surface area contributed by atoms with E-state index in [1.807, 2.05) is 31.3 Å². The number of hydrogen-bond acceptors (Lipinski definition) is 5. The summed E-state index contributed by atoms with van der Waals surface area (Å²) >= 11 is 0. The fourth-order valence-corrected chi connectivity index (χ4v) is 4.45. The number of likely N-dealkylation sites (N-methyl/N-ethyl adjacent to an activating group) is 1. The van der Waals surface area contributed by atoms with Crippen molar-refractivity contribution in [1.29, 1.82) is 0 Å². The number of carbonyl (C=O) groups excluding carboxylic acids is 2. The Morgan fingerprint density at radius 3 is 2.43 bits per heavy atom. The fourth-order valence-electron chi connectivity index (χ4n) is 4.45. The van der Waals surface area contributed by atoms with Gasteiger partial charge in [0.2, 0.25) is 0 Å². The highest BCUT2D eigenvalue weighted by Gasteiger charge is 2.42. The summed E-state index contributed by atoms with van der Waals surface area (Å²) in [5.74, 6) is 0.255. The van der Waals surface area contributed by atoms with Gasteiger partial charge < -0.3 is 14.5 Å². The molecule has 0 saturated carbocycles. The molecule has 1 saturated heterocycles. The molecule has 3 rings (SSSR count). The third kappa shape index (κ3) is 4.53. The molecule has 30 heavy (non-hydrogen) atoms. The van der Waals surface area contributed by atoms with E-state index in [-0.39, 0.29) is 17.9 Å². The number of carbonyl (C=O) groups is 2. The Balaban J connectivity index is 1.96. The third-order valence-electron chi connectivity index (χ3n) is 6.34. The highest BCUT2D eigenvalue weighted by Crippen LogP contribution is 2.37. The average Bonchev–Trinajstić information content (AvgIpc) is 3.01. The van der Waals surface area contributed by atoms with Gasteiger partial charge in [0, 0.05) is 25.2 Å². The van der Waals surface area contributed by atoms with Gasteiger partial charge in [-0.25, -0.2) is 0 Å². The molecule has 2 aliphatic heterocycles. The Labute approximate surface area is 180 Å². The van der Waals surface area contributed by atoms with Gasteiger partial charge in [0.25, 0.3) is 11.8 Å². The lowest BCUT2D eigenvalue weighted by molar-refractivity contribution is -0.137. The monoisotopic (exact) mass is 413 g/mol. The Hall–Kier alpha value is -2.34. The number of likely N-dealkylation sites (tertiary alicyclic amines) is 1. The molecule has 0 radical (unpaired) electrons. The number of para-hydroxylation sites is 1. The first-order valence-electron chi connectivity index (χ1n) is 11.1. The Morgan fingerprint density at radius 1 is 1.07 bits per heavy atom. The molecular weight excluding hydrogens is 378 g/mol. The SMILES string of the molecule is CCCCCCN1C(=O)C(c2ccccc2OC)=C(N(C)C2CCN(C)CC2)C1=O. The standard InChI is InChI=1S/C24H35N3O3/c1-5-6-7-10-15-27-23(28)21(19-11-8-9-12-20(19)30-4)22(24(27)29)26(3)18-13-16-25(2)17-14-18/h8-9,11-12,18H,5-7,10,13-17H2,1-4H3. The van der Waals surface area contributed by atoms with Crippen LogP contribution in [0.4, 0.5) is 0 Å². The molecule has 1 fully saturated rings. The number of nitrogens with zero attached hydrogens (tertiary/aromatic N) is 3. The molecule has 6 heteroatoms. The van der Waals surface area contributed by atoms with Crippen molar-refractivity contribution in [1.82, 2.24) is 14.7 Å². The molecule has 1 aromatic rings. The van der Waals surface area contributed by atoms with Crippen LogP contribution in [0.15, 0.2) is 30.0 Å². The lowest BCUT2D eigenvalue weighted by Crippen LogP contribution is -2.43. The molecule has 6 nitrogen and oxygen atoms in total. The first kappa shape index (κ1) is 22.3. The number of amides is 2. The van der Waals surface area contributed by atoms with Crippen molar-refractivity contribution in [3.05, 3.63) is 35.5 Å². The number of methoxy groups -OCH3 is 1. The van der Waals surface area contributed by atoms with Crippen molar-refractivity contribution in [2.24, 2.45) is 0 Å². The van der Waals surface area contributed by atoms with E-state index in [0.717, 1.165) is 51.6 Å². The zero-order valence-corrected chi connectivity index (χ0v) is 18.8. The van der Waals surface area contributed by atoms with Crippen LogP contribution in [0, 0.1) is 0 Å². The maximum absolute atomic E-state index is 13.5. The molecule has 0 aromatic heterocycles. The molecule has 164 valence electrons. The third-order valence-corrected chi connectivity index (χ3v) is 6.34. The van der Waals surface area contributed by atoms with Crippen molar-refractivity contribution >= 4 is 17.4 Å². The summed E-state index contributed by atoms with van der Waals surface area (Å²) in [5.41, 5.74) is 1.70. The first-order chi connectivity index (χ1) is 14.5. The highest BCUT2D eigenvalue weighted by molar-refractivity contribution is 6.36. The van der Waals surface area contributed by atoms with Crippen LogP contribution >= 0.6 is 0 Å². The maximum Gasteiger partial charge on any atom is 0.277 e. The predicted octanol–water partition coefficient (Wildman–Crippen LogP) is 3.38. The van der Waals surface area contributed by atoms with Gasteiger partial charge in [-0.3, -0.25) is 14.5 Å². The van der Waals surface area contributed by atoms with E-state index >= 15 is 0 Å². The Morgan fingerprint density at radius 2 is 1.77 bits per heavy atom. The second kappa shape index (κ2) is 10.1. The van der Waals surface area contributed by atoms with E-state index in [4.69, 9.17) is 4.74 Å². The van der Waals surface area contributed by atoms with Crippen LogP contribution in [0.5, 0.6) is 5.75 Å². The largest absolute Gasteiger partial charge is 0.496 e. The summed E-state index contributed by atoms with van der Waals surface area (Å²) in [5, 5.41) is 0. The molecule has 0 unspecified atom stereocenters. The minimum atomic E-state index is -0.198. The van der Waals surface area contributed by atoms with Crippen LogP contribution in [-0.2, 0) is 9.59 Å². The van der Waals surface area contributed by atoms with E-state index in [2.05, 4.69) is 23.8 Å². The second-order valence-corrected chi connectivity index (χ2v) is 8.39. The first-order valence-corrected chi connectivity index (χ1v) is 11.1. The van der Waals surface area contributed by atoms with Gasteiger partial charge >= 0.3 is 0 Å². The summed E-state index contributed by atoms with van der Waals surface area (Å²) in [6.45, 7) is 4.62. The molecule has 0 bridgehead atoms. The van der Waals surface area contributed by atoms with Gasteiger partial charge in [-0.15, -0.1) is 0 Å². The topological polar surface area (TPSA) is 53.1 Å². The minimum absolute atomic E-state index is 0.168. The lowest BCUT2D eigenvalue weighted by atomic mass is 9.99. The fraction of sp³-hybridized carbons (Fsp3) is 0.583. The van der Waals surface area contributed by atoms with Gasteiger partial charge in [-0.1, -0.05) is 44.4 Å². The zero-order chi connectivity index (χ0) is 21.7. The van der Waals surface area contributed by atoms with E-state index in [9.17, 15) is 9.59 Å². The zero-order valence-electron chi connectivity index (χ0n) is 18.8. The van der Waals surface area contributed by atoms with Crippen molar-refractivity contribution in [2.75, 3.05) is 40.8 Å². The van der Waals surface area contributed by atoms with Gasteiger partial charge in [0.15, 0.2) is 0 Å². The van der Waals surface area contributed by atoms with Gasteiger partial charge in [-0.2, -0.15) is 0 Å². The normalized spacial score (nSPS) is 18.5. The molecular formula is C24H35N3O3. The number of piperidine rings is 1. The smallest absolute Gasteiger partial charge is 0.277 e. The minimum Gasteiger partial charge on any atom is -0.496 e. The Kier molecular flexibility index (Phi) is 7.53. The summed E-state index contributed by atoms with van der Waals surface area (Å²) in [7, 11) is 5.69. The summed E-state index contributed by atoms with van der Waals surface area (Å²) in [6.07, 6.45) is 6.07. The van der Waals surface area contributed by atoms with E-state index in [1.165, 1.54) is 4.90 Å².